The van der Waals surface area contributed by atoms with Gasteiger partial charge in [0.1, 0.15) is 0 Å². The zero-order valence-corrected chi connectivity index (χ0v) is 10.1. The predicted molar refractivity (Wildman–Crippen MR) is 67.9 cm³/mol. The second kappa shape index (κ2) is 4.74. The summed E-state index contributed by atoms with van der Waals surface area (Å²) in [6, 6.07) is 6.15. The van der Waals surface area contributed by atoms with Crippen molar-refractivity contribution in [2.24, 2.45) is 0 Å². The van der Waals surface area contributed by atoms with Gasteiger partial charge in [0.25, 0.3) is 0 Å². The lowest BCUT2D eigenvalue weighted by Gasteiger charge is -2.20. The zero-order chi connectivity index (χ0) is 11.5. The highest BCUT2D eigenvalue weighted by Gasteiger charge is 2.20. The normalized spacial score (nSPS) is 14.6. The van der Waals surface area contributed by atoms with Crippen molar-refractivity contribution in [3.8, 4) is 0 Å². The lowest BCUT2D eigenvalue weighted by Crippen LogP contribution is -2.26. The number of benzene rings is 1. The summed E-state index contributed by atoms with van der Waals surface area (Å²) in [6.07, 6.45) is 1.37. The minimum absolute atomic E-state index is 0.308. The molecule has 0 aromatic heterocycles. The average Bonchev–Trinajstić information content (AvgIpc) is 2.63. The average molecular weight is 220 g/mol. The molecule has 1 aromatic carbocycles. The Kier molecular flexibility index (Phi) is 3.34. The number of anilines is 2. The van der Waals surface area contributed by atoms with Gasteiger partial charge in [-0.15, -0.1) is 0 Å². The minimum Gasteiger partial charge on any atom is -0.398 e. The Labute approximate surface area is 97.2 Å². The number of fused-ring (bicyclic) bond motifs is 1. The van der Waals surface area contributed by atoms with Gasteiger partial charge in [0, 0.05) is 30.0 Å². The van der Waals surface area contributed by atoms with Crippen LogP contribution in [0.3, 0.4) is 0 Å². The molecule has 0 atom stereocenters. The molecule has 0 spiro atoms. The molecule has 0 radical (unpaired) electrons. The van der Waals surface area contributed by atoms with Gasteiger partial charge in [0.05, 0.1) is 12.7 Å². The van der Waals surface area contributed by atoms with Crippen molar-refractivity contribution in [1.29, 1.82) is 0 Å². The largest absolute Gasteiger partial charge is 0.398 e. The molecule has 1 aliphatic rings. The fourth-order valence-corrected chi connectivity index (χ4v) is 2.16. The molecule has 3 nitrogen and oxygen atoms in total. The summed E-state index contributed by atoms with van der Waals surface area (Å²) in [5.74, 6) is 0. The molecule has 3 heteroatoms. The highest BCUT2D eigenvalue weighted by Crippen LogP contribution is 2.31. The number of ether oxygens (including phenoxy) is 1. The van der Waals surface area contributed by atoms with E-state index < -0.39 is 0 Å². The van der Waals surface area contributed by atoms with E-state index in [-0.39, 0.29) is 0 Å². The van der Waals surface area contributed by atoms with E-state index in [1.54, 1.807) is 0 Å². The van der Waals surface area contributed by atoms with Crippen LogP contribution in [-0.2, 0) is 11.2 Å². The fraction of sp³-hybridized carbons (Fsp3) is 0.538. The van der Waals surface area contributed by atoms with Gasteiger partial charge in [-0.3, -0.25) is 0 Å². The first kappa shape index (κ1) is 11.3. The Morgan fingerprint density at radius 2 is 2.25 bits per heavy atom. The van der Waals surface area contributed by atoms with E-state index in [1.807, 2.05) is 12.1 Å². The maximum atomic E-state index is 5.95. The summed E-state index contributed by atoms with van der Waals surface area (Å²) < 4.78 is 5.58. The number of nitrogens with two attached hydrogens (primary N) is 1. The summed E-state index contributed by atoms with van der Waals surface area (Å²) in [5.41, 5.74) is 9.46. The summed E-state index contributed by atoms with van der Waals surface area (Å²) in [4.78, 5) is 2.36. The van der Waals surface area contributed by atoms with E-state index in [9.17, 15) is 0 Å². The van der Waals surface area contributed by atoms with Crippen molar-refractivity contribution in [2.45, 2.75) is 26.4 Å². The van der Waals surface area contributed by atoms with Crippen molar-refractivity contribution >= 4 is 11.4 Å². The van der Waals surface area contributed by atoms with E-state index in [4.69, 9.17) is 10.5 Å². The Morgan fingerprint density at radius 1 is 1.44 bits per heavy atom. The van der Waals surface area contributed by atoms with Crippen LogP contribution >= 0.6 is 0 Å². The molecule has 0 amide bonds. The summed E-state index contributed by atoms with van der Waals surface area (Å²) in [5, 5.41) is 0. The Balaban J connectivity index is 1.98. The second-order valence-electron chi connectivity index (χ2n) is 4.50. The van der Waals surface area contributed by atoms with Crippen molar-refractivity contribution in [3.05, 3.63) is 23.8 Å². The zero-order valence-electron chi connectivity index (χ0n) is 10.1. The molecule has 0 saturated heterocycles. The van der Waals surface area contributed by atoms with Crippen LogP contribution < -0.4 is 10.6 Å². The van der Waals surface area contributed by atoms with Gasteiger partial charge in [-0.1, -0.05) is 6.07 Å². The van der Waals surface area contributed by atoms with Gasteiger partial charge in [0.2, 0.25) is 0 Å². The first-order chi connectivity index (χ1) is 7.68. The predicted octanol–water partition coefficient (Wildman–Crippen LogP) is 2.06. The standard InChI is InChI=1S/C13H20N2O/c1-10(2)16-9-8-15-7-6-11-12(14)4-3-5-13(11)15/h3-5,10H,6-9,14H2,1-2H3. The molecular formula is C13H20N2O. The van der Waals surface area contributed by atoms with Crippen molar-refractivity contribution in [2.75, 3.05) is 30.3 Å². The molecule has 0 aliphatic carbocycles. The van der Waals surface area contributed by atoms with Gasteiger partial charge in [-0.25, -0.2) is 0 Å². The molecule has 1 aromatic rings. The monoisotopic (exact) mass is 220 g/mol. The minimum atomic E-state index is 0.308. The molecule has 1 heterocycles. The smallest absolute Gasteiger partial charge is 0.0645 e. The van der Waals surface area contributed by atoms with Gasteiger partial charge < -0.3 is 15.4 Å². The number of hydrogen-bond donors (Lipinski definition) is 1. The third kappa shape index (κ3) is 2.30. The fourth-order valence-electron chi connectivity index (χ4n) is 2.16. The van der Waals surface area contributed by atoms with Crippen LogP contribution in [0, 0.1) is 0 Å². The van der Waals surface area contributed by atoms with Crippen LogP contribution in [0.25, 0.3) is 0 Å². The molecular weight excluding hydrogens is 200 g/mol. The first-order valence-electron chi connectivity index (χ1n) is 5.92. The molecule has 2 rings (SSSR count). The SMILES string of the molecule is CC(C)OCCN1CCc2c(N)cccc21. The van der Waals surface area contributed by atoms with Crippen LogP contribution in [0.2, 0.25) is 0 Å². The van der Waals surface area contributed by atoms with Gasteiger partial charge >= 0.3 is 0 Å². The van der Waals surface area contributed by atoms with Crippen LogP contribution in [-0.4, -0.2) is 25.8 Å². The highest BCUT2D eigenvalue weighted by atomic mass is 16.5. The molecule has 2 N–H and O–H groups in total. The second-order valence-corrected chi connectivity index (χ2v) is 4.50. The van der Waals surface area contributed by atoms with Crippen LogP contribution in [0.1, 0.15) is 19.4 Å². The topological polar surface area (TPSA) is 38.5 Å². The molecule has 0 fully saturated rings. The third-order valence-electron chi connectivity index (χ3n) is 2.97. The van der Waals surface area contributed by atoms with Crippen molar-refractivity contribution in [3.63, 3.8) is 0 Å². The van der Waals surface area contributed by atoms with Crippen LogP contribution in [0.4, 0.5) is 11.4 Å². The highest BCUT2D eigenvalue weighted by molar-refractivity contribution is 5.68. The Hall–Kier alpha value is -1.22. The van der Waals surface area contributed by atoms with E-state index in [0.717, 1.165) is 31.8 Å². The van der Waals surface area contributed by atoms with Crippen LogP contribution in [0.15, 0.2) is 18.2 Å². The molecule has 0 bridgehead atoms. The van der Waals surface area contributed by atoms with E-state index in [0.29, 0.717) is 6.10 Å². The van der Waals surface area contributed by atoms with Gasteiger partial charge in [0.15, 0.2) is 0 Å². The van der Waals surface area contributed by atoms with Crippen molar-refractivity contribution < 1.29 is 4.74 Å². The number of nitrogen functional groups attached to an aromatic ring is 1. The maximum absolute atomic E-state index is 5.95. The number of nitrogens with zero attached hydrogens (tertiary/aromatic N) is 1. The molecule has 1 aliphatic heterocycles. The molecule has 88 valence electrons. The maximum Gasteiger partial charge on any atom is 0.0645 e. The summed E-state index contributed by atoms with van der Waals surface area (Å²) in [7, 11) is 0. The molecule has 0 saturated carbocycles. The first-order valence-corrected chi connectivity index (χ1v) is 5.92. The molecule has 16 heavy (non-hydrogen) atoms. The molecule has 0 unspecified atom stereocenters. The Morgan fingerprint density at radius 3 is 3.00 bits per heavy atom. The number of rotatable bonds is 4. The van der Waals surface area contributed by atoms with Crippen LogP contribution in [0.5, 0.6) is 0 Å². The van der Waals surface area contributed by atoms with E-state index in [2.05, 4.69) is 24.8 Å². The van der Waals surface area contributed by atoms with Crippen molar-refractivity contribution in [1.82, 2.24) is 0 Å². The lowest BCUT2D eigenvalue weighted by molar-refractivity contribution is 0.0843. The Bertz CT molecular complexity index is 363. The third-order valence-corrected chi connectivity index (χ3v) is 2.97. The summed E-state index contributed by atoms with van der Waals surface area (Å²) >= 11 is 0. The van der Waals surface area contributed by atoms with E-state index >= 15 is 0 Å². The summed E-state index contributed by atoms with van der Waals surface area (Å²) in [6.45, 7) is 6.93. The van der Waals surface area contributed by atoms with Gasteiger partial charge in [-0.2, -0.15) is 0 Å². The number of hydrogen-bond acceptors (Lipinski definition) is 3. The lowest BCUT2D eigenvalue weighted by atomic mass is 10.1. The van der Waals surface area contributed by atoms with Gasteiger partial charge in [-0.05, 0) is 32.4 Å². The quantitative estimate of drug-likeness (QED) is 0.789. The van der Waals surface area contributed by atoms with E-state index in [1.165, 1.54) is 11.3 Å².